The van der Waals surface area contributed by atoms with Crippen LogP contribution in [-0.2, 0) is 0 Å². The summed E-state index contributed by atoms with van der Waals surface area (Å²) >= 11 is 13.3. The highest BCUT2D eigenvalue weighted by atomic mass is 79.9. The van der Waals surface area contributed by atoms with Gasteiger partial charge in [-0.05, 0) is 71.6 Å². The summed E-state index contributed by atoms with van der Waals surface area (Å²) in [5.74, 6) is 0.704. The molecule has 1 aromatic heterocycles. The molecule has 2 aliphatic heterocycles. The molecule has 1 aromatic carbocycles. The fraction of sp³-hybridized carbons (Fsp3) is 0.0625. The Kier molecular flexibility index (Phi) is 4.61. The van der Waals surface area contributed by atoms with E-state index in [9.17, 15) is 0 Å². The van der Waals surface area contributed by atoms with Gasteiger partial charge in [-0.1, -0.05) is 12.1 Å². The van der Waals surface area contributed by atoms with Gasteiger partial charge in [0.25, 0.3) is 0 Å². The van der Waals surface area contributed by atoms with Crippen LogP contribution in [0.25, 0.3) is 5.57 Å². The van der Waals surface area contributed by atoms with Gasteiger partial charge in [0.2, 0.25) is 4.62 Å². The first-order valence-corrected chi connectivity index (χ1v) is 10.6. The van der Waals surface area contributed by atoms with Crippen molar-refractivity contribution in [2.45, 2.75) is 0 Å². The second kappa shape index (κ2) is 6.43. The maximum absolute atomic E-state index is 15.4. The molecule has 0 spiro atoms. The number of hydrogen-bond donors (Lipinski definition) is 0. The van der Waals surface area contributed by atoms with Crippen LogP contribution in [0.4, 0.5) is 8.63 Å². The third-order valence-electron chi connectivity index (χ3n) is 4.38. The van der Waals surface area contributed by atoms with Gasteiger partial charge in [-0.25, -0.2) is 0 Å². The van der Waals surface area contributed by atoms with Crippen molar-refractivity contribution in [3.05, 3.63) is 66.9 Å². The van der Waals surface area contributed by atoms with E-state index in [-0.39, 0.29) is 0 Å². The minimum atomic E-state index is -4.08. The van der Waals surface area contributed by atoms with Crippen molar-refractivity contribution in [2.24, 2.45) is 0 Å². The van der Waals surface area contributed by atoms with E-state index in [1.165, 1.54) is 0 Å². The van der Waals surface area contributed by atoms with Gasteiger partial charge in [-0.2, -0.15) is 0 Å². The first kappa shape index (κ1) is 18.6. The van der Waals surface area contributed by atoms with E-state index in [1.54, 1.807) is 19.3 Å². The molecule has 0 aliphatic carbocycles. The Hall–Kier alpha value is -0.705. The van der Waals surface area contributed by atoms with Crippen molar-refractivity contribution in [3.63, 3.8) is 0 Å². The van der Waals surface area contributed by atoms with Gasteiger partial charge < -0.3 is 22.3 Å². The number of nitrogens with zero attached hydrogens (tertiary/aromatic N) is 2. The van der Waals surface area contributed by atoms with Gasteiger partial charge in [0.1, 0.15) is 5.75 Å². The summed E-state index contributed by atoms with van der Waals surface area (Å²) in [6.07, 6.45) is 1.71. The van der Waals surface area contributed by atoms with Crippen LogP contribution < -0.4 is 4.74 Å². The van der Waals surface area contributed by atoms with Crippen molar-refractivity contribution < 1.29 is 17.9 Å². The van der Waals surface area contributed by atoms with Crippen molar-refractivity contribution in [3.8, 4) is 5.75 Å². The third-order valence-corrected chi connectivity index (χ3v) is 8.27. The lowest BCUT2D eigenvalue weighted by atomic mass is 9.86. The molecule has 0 bridgehead atoms. The highest BCUT2D eigenvalue weighted by molar-refractivity contribution is 9.20. The fourth-order valence-corrected chi connectivity index (χ4v) is 5.15. The second-order valence-electron chi connectivity index (χ2n) is 5.77. The molecule has 0 unspecified atom stereocenters. The monoisotopic (exact) mass is 610 g/mol. The lowest BCUT2D eigenvalue weighted by Crippen LogP contribution is -2.50. The normalized spacial score (nSPS) is 18.0. The van der Waals surface area contributed by atoms with Crippen molar-refractivity contribution in [1.29, 1.82) is 0 Å². The molecule has 2 aliphatic rings. The summed E-state index contributed by atoms with van der Waals surface area (Å²) < 4.78 is 39.8. The molecule has 134 valence electrons. The third kappa shape index (κ3) is 2.56. The van der Waals surface area contributed by atoms with Crippen LogP contribution in [0, 0.1) is 0 Å². The zero-order chi connectivity index (χ0) is 18.8. The predicted molar refractivity (Wildman–Crippen MR) is 113 cm³/mol. The number of rotatable bonds is 2. The zero-order valence-electron chi connectivity index (χ0n) is 13.1. The van der Waals surface area contributed by atoms with E-state index in [0.717, 1.165) is 14.5 Å². The van der Waals surface area contributed by atoms with E-state index >= 15 is 8.63 Å². The van der Waals surface area contributed by atoms with Gasteiger partial charge in [-0.3, -0.25) is 0 Å². The van der Waals surface area contributed by atoms with Gasteiger partial charge in [0, 0.05) is 32.2 Å². The summed E-state index contributed by atoms with van der Waals surface area (Å²) in [7, 11) is 1.59. The lowest BCUT2D eigenvalue weighted by Gasteiger charge is -2.32. The number of fused-ring (bicyclic) bond motifs is 2. The molecular formula is C16H9BBr4F2N2O. The summed E-state index contributed by atoms with van der Waals surface area (Å²) in [6, 6.07) is 9.06. The first-order valence-electron chi connectivity index (χ1n) is 7.44. The predicted octanol–water partition coefficient (Wildman–Crippen LogP) is 6.12. The minimum absolute atomic E-state index is 0.297. The van der Waals surface area contributed by atoms with Crippen LogP contribution >= 0.6 is 63.7 Å². The smallest absolute Gasteiger partial charge is 0.497 e. The van der Waals surface area contributed by atoms with Crippen molar-refractivity contribution in [2.75, 3.05) is 7.11 Å². The summed E-state index contributed by atoms with van der Waals surface area (Å²) in [5.41, 5.74) is 2.39. The average Bonchev–Trinajstić information content (AvgIpc) is 3.06. The van der Waals surface area contributed by atoms with Crippen LogP contribution in [0.2, 0.25) is 0 Å². The molecule has 0 atom stereocenters. The van der Waals surface area contributed by atoms with E-state index in [0.29, 0.717) is 40.9 Å². The lowest BCUT2D eigenvalue weighted by molar-refractivity contribution is -0.358. The van der Waals surface area contributed by atoms with Crippen molar-refractivity contribution >= 4 is 80.9 Å². The minimum Gasteiger partial charge on any atom is -0.497 e. The first-order chi connectivity index (χ1) is 12.3. The number of halogens is 6. The summed E-state index contributed by atoms with van der Waals surface area (Å²) in [6.45, 7) is -4.08. The Morgan fingerprint density at radius 1 is 1.08 bits per heavy atom. The maximum atomic E-state index is 15.4. The number of allylic oxidation sites excluding steroid dienone is 2. The molecule has 0 radical (unpaired) electrons. The van der Waals surface area contributed by atoms with E-state index in [2.05, 4.69) is 63.7 Å². The molecule has 0 amide bonds. The van der Waals surface area contributed by atoms with E-state index < -0.39 is 6.97 Å². The molecule has 0 saturated heterocycles. The van der Waals surface area contributed by atoms with E-state index in [1.807, 2.05) is 24.3 Å². The van der Waals surface area contributed by atoms with Crippen LogP contribution in [0.3, 0.4) is 0 Å². The van der Waals surface area contributed by atoms with Crippen LogP contribution in [0.1, 0.15) is 11.3 Å². The number of benzene rings is 1. The largest absolute Gasteiger partial charge is 0.738 e. The fourth-order valence-electron chi connectivity index (χ4n) is 3.23. The maximum Gasteiger partial charge on any atom is 0.738 e. The average molecular weight is 614 g/mol. The molecule has 4 rings (SSSR count). The number of methoxy groups -OCH3 is 1. The molecular weight excluding hydrogens is 605 g/mol. The molecule has 26 heavy (non-hydrogen) atoms. The summed E-state index contributed by atoms with van der Waals surface area (Å²) in [4.78, 5) is 0. The number of hydrogen-bond acceptors (Lipinski definition) is 1. The van der Waals surface area contributed by atoms with Crippen LogP contribution in [-0.4, -0.2) is 27.7 Å². The Balaban J connectivity index is 2.09. The van der Waals surface area contributed by atoms with Crippen molar-refractivity contribution in [1.82, 2.24) is 4.48 Å². The standard InChI is InChI=1S/C16H9BBr4F2N2O/c1-26-9-4-2-8(3-5-9)14-12-6-10(18)15(20)24(12)17(22,23)25-13(14)7-11(19)16(25)21/h2-7H,1H3. The quantitative estimate of drug-likeness (QED) is 0.374. The van der Waals surface area contributed by atoms with Crippen LogP contribution in [0.15, 0.2) is 55.7 Å². The molecule has 10 heteroatoms. The van der Waals surface area contributed by atoms with Gasteiger partial charge >= 0.3 is 6.97 Å². The van der Waals surface area contributed by atoms with E-state index in [4.69, 9.17) is 4.74 Å². The molecule has 2 aromatic rings. The Morgan fingerprint density at radius 3 is 2.35 bits per heavy atom. The molecule has 0 saturated carbocycles. The Labute approximate surface area is 182 Å². The molecule has 0 N–H and O–H groups in total. The van der Waals surface area contributed by atoms with Gasteiger partial charge in [0.15, 0.2) is 5.70 Å². The molecule has 3 nitrogen and oxygen atoms in total. The SMILES string of the molecule is COc1ccc(C2=C3C=C(Br)C(Br)=[N+]3[B-](F)(F)n3c2cc(Br)c3Br)cc1. The number of aromatic nitrogens is 1. The summed E-state index contributed by atoms with van der Waals surface area (Å²) in [5, 5.41) is 0. The van der Waals surface area contributed by atoms with Gasteiger partial charge in [0.05, 0.1) is 21.8 Å². The zero-order valence-corrected chi connectivity index (χ0v) is 19.5. The molecule has 3 heterocycles. The number of ether oxygens (including phenoxy) is 1. The van der Waals surface area contributed by atoms with Crippen LogP contribution in [0.5, 0.6) is 5.75 Å². The highest BCUT2D eigenvalue weighted by Gasteiger charge is 2.55. The highest BCUT2D eigenvalue weighted by Crippen LogP contribution is 2.46. The second-order valence-corrected chi connectivity index (χ2v) is 8.98. The Morgan fingerprint density at radius 2 is 1.73 bits per heavy atom. The topological polar surface area (TPSA) is 17.2 Å². The molecule has 0 fully saturated rings. The van der Waals surface area contributed by atoms with Gasteiger partial charge in [-0.15, -0.1) is 0 Å². The Bertz CT molecular complexity index is 1040.